The van der Waals surface area contributed by atoms with E-state index in [9.17, 15) is 0 Å². The summed E-state index contributed by atoms with van der Waals surface area (Å²) in [5, 5.41) is 2.03. The Bertz CT molecular complexity index is 782. The molecular formula is C17H18N2S2. The third-order valence-electron chi connectivity index (χ3n) is 4.48. The number of nitrogen functional groups attached to an aromatic ring is 1. The Labute approximate surface area is 132 Å². The van der Waals surface area contributed by atoms with Crippen LogP contribution in [0.25, 0.3) is 20.8 Å². The minimum atomic E-state index is 0.590. The van der Waals surface area contributed by atoms with Gasteiger partial charge < -0.3 is 5.73 Å². The van der Waals surface area contributed by atoms with Gasteiger partial charge in [0.2, 0.25) is 0 Å². The molecule has 4 rings (SSSR count). The fraction of sp³-hybridized carbons (Fsp3) is 0.353. The van der Waals surface area contributed by atoms with E-state index in [-0.39, 0.29) is 0 Å². The molecular weight excluding hydrogens is 296 g/mol. The van der Waals surface area contributed by atoms with E-state index in [1.165, 1.54) is 33.5 Å². The van der Waals surface area contributed by atoms with E-state index in [1.54, 1.807) is 22.7 Å². The number of para-hydroxylation sites is 1. The van der Waals surface area contributed by atoms with E-state index in [4.69, 9.17) is 10.7 Å². The van der Waals surface area contributed by atoms with Gasteiger partial charge in [-0.05, 0) is 42.4 Å². The van der Waals surface area contributed by atoms with E-state index in [2.05, 4.69) is 32.0 Å². The summed E-state index contributed by atoms with van der Waals surface area (Å²) in [6.45, 7) is 4.65. The number of rotatable bonds is 1. The Morgan fingerprint density at radius 3 is 2.67 bits per heavy atom. The van der Waals surface area contributed by atoms with Crippen molar-refractivity contribution in [1.82, 2.24) is 4.98 Å². The van der Waals surface area contributed by atoms with Crippen LogP contribution in [0.4, 0.5) is 5.00 Å². The molecule has 4 heteroatoms. The number of anilines is 1. The summed E-state index contributed by atoms with van der Waals surface area (Å²) < 4.78 is 1.24. The molecule has 2 nitrogen and oxygen atoms in total. The highest BCUT2D eigenvalue weighted by atomic mass is 32.1. The summed E-state index contributed by atoms with van der Waals surface area (Å²) in [5.74, 6) is 1.22. The number of benzene rings is 1. The molecule has 1 aliphatic rings. The number of hydrogen-bond acceptors (Lipinski definition) is 4. The second-order valence-corrected chi connectivity index (χ2v) is 8.10. The number of nitrogens with two attached hydrogens (primary N) is 1. The zero-order valence-corrected chi connectivity index (χ0v) is 13.9. The number of aromatic nitrogens is 1. The molecule has 1 aromatic carbocycles. The molecule has 0 aliphatic heterocycles. The van der Waals surface area contributed by atoms with Crippen LogP contribution >= 0.6 is 22.7 Å². The second kappa shape index (κ2) is 4.82. The SMILES string of the molecule is CC1CCC(C)c2c1sc(N)c2-c1nc2ccccc2s1. The molecule has 0 saturated heterocycles. The smallest absolute Gasteiger partial charge is 0.127 e. The molecule has 108 valence electrons. The highest BCUT2D eigenvalue weighted by Crippen LogP contribution is 2.51. The van der Waals surface area contributed by atoms with Crippen molar-refractivity contribution in [2.75, 3.05) is 5.73 Å². The quantitative estimate of drug-likeness (QED) is 0.634. The van der Waals surface area contributed by atoms with Crippen molar-refractivity contribution >= 4 is 37.9 Å². The molecule has 1 aliphatic carbocycles. The third kappa shape index (κ3) is 2.00. The lowest BCUT2D eigenvalue weighted by molar-refractivity contribution is 0.537. The fourth-order valence-corrected chi connectivity index (χ4v) is 5.69. The fourth-order valence-electron chi connectivity index (χ4n) is 3.31. The van der Waals surface area contributed by atoms with Gasteiger partial charge in [-0.15, -0.1) is 22.7 Å². The van der Waals surface area contributed by atoms with Gasteiger partial charge in [-0.1, -0.05) is 26.0 Å². The average Bonchev–Trinajstić information content (AvgIpc) is 3.03. The van der Waals surface area contributed by atoms with Gasteiger partial charge in [0.05, 0.1) is 15.2 Å². The lowest BCUT2D eigenvalue weighted by atomic mass is 9.81. The summed E-state index contributed by atoms with van der Waals surface area (Å²) in [6.07, 6.45) is 2.52. The molecule has 21 heavy (non-hydrogen) atoms. The summed E-state index contributed by atoms with van der Waals surface area (Å²) in [6, 6.07) is 8.33. The first kappa shape index (κ1) is 13.3. The van der Waals surface area contributed by atoms with E-state index >= 15 is 0 Å². The Morgan fingerprint density at radius 2 is 1.86 bits per heavy atom. The Morgan fingerprint density at radius 1 is 1.10 bits per heavy atom. The molecule has 0 spiro atoms. The molecule has 2 heterocycles. The highest BCUT2D eigenvalue weighted by Gasteiger charge is 2.30. The molecule has 0 bridgehead atoms. The van der Waals surface area contributed by atoms with Gasteiger partial charge in [-0.3, -0.25) is 0 Å². The minimum Gasteiger partial charge on any atom is -0.390 e. The van der Waals surface area contributed by atoms with E-state index < -0.39 is 0 Å². The van der Waals surface area contributed by atoms with Crippen LogP contribution in [0.15, 0.2) is 24.3 Å². The van der Waals surface area contributed by atoms with Gasteiger partial charge in [0.15, 0.2) is 0 Å². The maximum absolute atomic E-state index is 6.38. The molecule has 0 saturated carbocycles. The minimum absolute atomic E-state index is 0.590. The Kier molecular flexibility index (Phi) is 3.05. The van der Waals surface area contributed by atoms with Gasteiger partial charge in [0.1, 0.15) is 5.01 Å². The number of thiazole rings is 1. The van der Waals surface area contributed by atoms with Gasteiger partial charge in [-0.2, -0.15) is 0 Å². The number of hydrogen-bond donors (Lipinski definition) is 1. The van der Waals surface area contributed by atoms with Crippen LogP contribution in [-0.2, 0) is 0 Å². The van der Waals surface area contributed by atoms with E-state index in [0.29, 0.717) is 11.8 Å². The summed E-state index contributed by atoms with van der Waals surface area (Å²) in [7, 11) is 0. The first-order valence-corrected chi connectivity index (χ1v) is 9.06. The van der Waals surface area contributed by atoms with Crippen LogP contribution in [0.2, 0.25) is 0 Å². The standard InChI is InChI=1S/C17H18N2S2/c1-9-7-8-10(2)15-13(9)14(16(18)21-15)17-19-11-5-3-4-6-12(11)20-17/h3-6,9-10H,7-8,18H2,1-2H3. The first-order chi connectivity index (χ1) is 10.1. The van der Waals surface area contributed by atoms with Crippen molar-refractivity contribution in [3.63, 3.8) is 0 Å². The first-order valence-electron chi connectivity index (χ1n) is 7.43. The van der Waals surface area contributed by atoms with Gasteiger partial charge >= 0.3 is 0 Å². The predicted molar refractivity (Wildman–Crippen MR) is 93.4 cm³/mol. The van der Waals surface area contributed by atoms with Crippen molar-refractivity contribution < 1.29 is 0 Å². The molecule has 0 radical (unpaired) electrons. The summed E-state index contributed by atoms with van der Waals surface area (Å²) in [4.78, 5) is 6.32. The van der Waals surface area contributed by atoms with Gasteiger partial charge in [-0.25, -0.2) is 4.98 Å². The van der Waals surface area contributed by atoms with Crippen molar-refractivity contribution in [2.45, 2.75) is 38.5 Å². The second-order valence-electron chi connectivity index (χ2n) is 5.99. The van der Waals surface area contributed by atoms with Crippen LogP contribution < -0.4 is 5.73 Å². The van der Waals surface area contributed by atoms with Crippen LogP contribution in [0.1, 0.15) is 49.0 Å². The lowest BCUT2D eigenvalue weighted by Gasteiger charge is -2.24. The maximum atomic E-state index is 6.38. The van der Waals surface area contributed by atoms with Crippen molar-refractivity contribution in [3.8, 4) is 10.6 Å². The van der Waals surface area contributed by atoms with Crippen LogP contribution in [-0.4, -0.2) is 4.98 Å². The number of nitrogens with zero attached hydrogens (tertiary/aromatic N) is 1. The van der Waals surface area contributed by atoms with Crippen molar-refractivity contribution in [3.05, 3.63) is 34.7 Å². The van der Waals surface area contributed by atoms with Crippen molar-refractivity contribution in [1.29, 1.82) is 0 Å². The highest BCUT2D eigenvalue weighted by molar-refractivity contribution is 7.22. The molecule has 2 atom stereocenters. The Hall–Kier alpha value is -1.39. The van der Waals surface area contributed by atoms with Gasteiger partial charge in [0, 0.05) is 10.4 Å². The normalized spacial score (nSPS) is 21.6. The average molecular weight is 314 g/mol. The zero-order valence-electron chi connectivity index (χ0n) is 12.2. The van der Waals surface area contributed by atoms with Crippen LogP contribution in [0, 0.1) is 0 Å². The predicted octanol–water partition coefficient (Wildman–Crippen LogP) is 5.61. The summed E-state index contributed by atoms with van der Waals surface area (Å²) >= 11 is 3.54. The maximum Gasteiger partial charge on any atom is 0.127 e. The largest absolute Gasteiger partial charge is 0.390 e. The van der Waals surface area contributed by atoms with E-state index in [0.717, 1.165) is 15.5 Å². The monoisotopic (exact) mass is 314 g/mol. The molecule has 3 aromatic rings. The molecule has 2 unspecified atom stereocenters. The number of fused-ring (bicyclic) bond motifs is 2. The third-order valence-corrected chi connectivity index (χ3v) is 6.80. The van der Waals surface area contributed by atoms with Gasteiger partial charge in [0.25, 0.3) is 0 Å². The van der Waals surface area contributed by atoms with Crippen molar-refractivity contribution in [2.24, 2.45) is 0 Å². The Balaban J connectivity index is 1.96. The number of thiophene rings is 1. The summed E-state index contributed by atoms with van der Waals surface area (Å²) in [5.41, 5.74) is 10.1. The van der Waals surface area contributed by atoms with E-state index in [1.807, 2.05) is 6.07 Å². The zero-order chi connectivity index (χ0) is 14.6. The molecule has 2 aromatic heterocycles. The molecule has 0 amide bonds. The van der Waals surface area contributed by atoms with Crippen LogP contribution in [0.5, 0.6) is 0 Å². The lowest BCUT2D eigenvalue weighted by Crippen LogP contribution is -2.08. The molecule has 0 fully saturated rings. The van der Waals surface area contributed by atoms with Crippen LogP contribution in [0.3, 0.4) is 0 Å². The topological polar surface area (TPSA) is 38.9 Å². The molecule has 2 N–H and O–H groups in total.